The SMILES string of the molecule is Cc1ncnc2ccc(-c3nnc(NCC4CC4)nc3-c3ccco3)cc12. The summed E-state index contributed by atoms with van der Waals surface area (Å²) in [7, 11) is 0. The summed E-state index contributed by atoms with van der Waals surface area (Å²) in [6, 6.07) is 9.70. The fourth-order valence-corrected chi connectivity index (χ4v) is 3.07. The van der Waals surface area contributed by atoms with Crippen molar-refractivity contribution in [3.05, 3.63) is 48.6 Å². The minimum absolute atomic E-state index is 0.525. The van der Waals surface area contributed by atoms with Gasteiger partial charge in [-0.3, -0.25) is 0 Å². The Balaban J connectivity index is 1.61. The van der Waals surface area contributed by atoms with Crippen LogP contribution in [0.25, 0.3) is 33.6 Å². The first-order valence-corrected chi connectivity index (χ1v) is 9.02. The normalized spacial score (nSPS) is 13.8. The van der Waals surface area contributed by atoms with E-state index in [0.717, 1.165) is 34.6 Å². The molecule has 0 atom stereocenters. The van der Waals surface area contributed by atoms with E-state index < -0.39 is 0 Å². The number of nitrogens with zero attached hydrogens (tertiary/aromatic N) is 5. The van der Waals surface area contributed by atoms with Gasteiger partial charge in [0.1, 0.15) is 17.7 Å². The first-order chi connectivity index (χ1) is 13.3. The third-order valence-electron chi connectivity index (χ3n) is 4.80. The number of aromatic nitrogens is 5. The van der Waals surface area contributed by atoms with Gasteiger partial charge in [-0.1, -0.05) is 6.07 Å². The summed E-state index contributed by atoms with van der Waals surface area (Å²) in [5.74, 6) is 1.91. The van der Waals surface area contributed by atoms with Crippen molar-refractivity contribution in [1.82, 2.24) is 25.1 Å². The minimum Gasteiger partial charge on any atom is -0.463 e. The lowest BCUT2D eigenvalue weighted by Gasteiger charge is -2.10. The van der Waals surface area contributed by atoms with E-state index in [1.807, 2.05) is 37.3 Å². The van der Waals surface area contributed by atoms with Crippen molar-refractivity contribution < 1.29 is 4.42 Å². The van der Waals surface area contributed by atoms with E-state index in [-0.39, 0.29) is 0 Å². The summed E-state index contributed by atoms with van der Waals surface area (Å²) >= 11 is 0. The van der Waals surface area contributed by atoms with Gasteiger partial charge in [-0.2, -0.15) is 0 Å². The molecule has 5 rings (SSSR count). The number of nitrogens with one attached hydrogen (secondary N) is 1. The number of aryl methyl sites for hydroxylation is 1. The molecule has 0 saturated heterocycles. The molecule has 7 heteroatoms. The summed E-state index contributed by atoms with van der Waals surface area (Å²) < 4.78 is 5.60. The van der Waals surface area contributed by atoms with Crippen LogP contribution in [0.1, 0.15) is 18.5 Å². The smallest absolute Gasteiger partial charge is 0.243 e. The van der Waals surface area contributed by atoms with Gasteiger partial charge < -0.3 is 9.73 Å². The van der Waals surface area contributed by atoms with Gasteiger partial charge in [0, 0.05) is 23.2 Å². The predicted octanol–water partition coefficient (Wildman–Crippen LogP) is 3.87. The number of anilines is 1. The van der Waals surface area contributed by atoms with Gasteiger partial charge in [-0.15, -0.1) is 10.2 Å². The first-order valence-electron chi connectivity index (χ1n) is 9.02. The lowest BCUT2D eigenvalue weighted by molar-refractivity contribution is 0.579. The molecule has 0 unspecified atom stereocenters. The van der Waals surface area contributed by atoms with E-state index in [2.05, 4.69) is 30.5 Å². The lowest BCUT2D eigenvalue weighted by atomic mass is 10.0. The monoisotopic (exact) mass is 358 g/mol. The maximum absolute atomic E-state index is 5.60. The summed E-state index contributed by atoms with van der Waals surface area (Å²) in [5, 5.41) is 13.0. The average molecular weight is 358 g/mol. The molecule has 0 spiro atoms. The lowest BCUT2D eigenvalue weighted by Crippen LogP contribution is -2.09. The van der Waals surface area contributed by atoms with Gasteiger partial charge in [0.25, 0.3) is 0 Å². The molecule has 1 saturated carbocycles. The molecule has 1 aliphatic carbocycles. The van der Waals surface area contributed by atoms with E-state index >= 15 is 0 Å². The maximum atomic E-state index is 5.60. The fraction of sp³-hybridized carbons (Fsp3) is 0.250. The molecule has 1 aromatic carbocycles. The van der Waals surface area contributed by atoms with E-state index in [4.69, 9.17) is 4.42 Å². The van der Waals surface area contributed by atoms with Crippen LogP contribution in [0.5, 0.6) is 0 Å². The van der Waals surface area contributed by atoms with E-state index in [1.165, 1.54) is 12.8 Å². The van der Waals surface area contributed by atoms with Crippen LogP contribution in [-0.2, 0) is 0 Å². The van der Waals surface area contributed by atoms with Gasteiger partial charge in [0.15, 0.2) is 5.76 Å². The minimum atomic E-state index is 0.525. The van der Waals surface area contributed by atoms with Gasteiger partial charge in [-0.05, 0) is 49.9 Å². The van der Waals surface area contributed by atoms with Crippen LogP contribution in [0.3, 0.4) is 0 Å². The Bertz CT molecular complexity index is 1100. The number of fused-ring (bicyclic) bond motifs is 1. The molecule has 0 bridgehead atoms. The standard InChI is InChI=1S/C20H18N6O/c1-12-15-9-14(6-7-16(15)23-11-22-12)18-19(17-3-2-8-27-17)24-20(26-25-18)21-10-13-4-5-13/h2-3,6-9,11,13H,4-5,10H2,1H3,(H,21,24,26). The molecule has 1 aliphatic rings. The second kappa shape index (κ2) is 6.42. The van der Waals surface area contributed by atoms with Crippen molar-refractivity contribution in [2.45, 2.75) is 19.8 Å². The summed E-state index contributed by atoms with van der Waals surface area (Å²) in [5.41, 5.74) is 4.06. The Hall–Kier alpha value is -3.35. The van der Waals surface area contributed by atoms with Gasteiger partial charge in [-0.25, -0.2) is 15.0 Å². The Morgan fingerprint density at radius 2 is 2.04 bits per heavy atom. The fourth-order valence-electron chi connectivity index (χ4n) is 3.07. The topological polar surface area (TPSA) is 89.6 Å². The highest BCUT2D eigenvalue weighted by Crippen LogP contribution is 2.32. The third-order valence-corrected chi connectivity index (χ3v) is 4.80. The Morgan fingerprint density at radius 1 is 1.11 bits per heavy atom. The van der Waals surface area contributed by atoms with Crippen molar-refractivity contribution in [3.63, 3.8) is 0 Å². The molecule has 7 nitrogen and oxygen atoms in total. The Kier molecular flexibility index (Phi) is 3.78. The zero-order valence-electron chi connectivity index (χ0n) is 14.9. The highest BCUT2D eigenvalue weighted by atomic mass is 16.3. The Morgan fingerprint density at radius 3 is 2.85 bits per heavy atom. The second-order valence-corrected chi connectivity index (χ2v) is 6.83. The Labute approximate surface area is 155 Å². The largest absolute Gasteiger partial charge is 0.463 e. The van der Waals surface area contributed by atoms with Gasteiger partial charge in [0.05, 0.1) is 11.8 Å². The number of hydrogen-bond donors (Lipinski definition) is 1. The van der Waals surface area contributed by atoms with Crippen LogP contribution in [0, 0.1) is 12.8 Å². The number of furan rings is 1. The number of rotatable bonds is 5. The molecular weight excluding hydrogens is 340 g/mol. The second-order valence-electron chi connectivity index (χ2n) is 6.83. The quantitative estimate of drug-likeness (QED) is 0.579. The number of hydrogen-bond acceptors (Lipinski definition) is 7. The van der Waals surface area contributed by atoms with E-state index in [1.54, 1.807) is 12.6 Å². The van der Waals surface area contributed by atoms with Crippen LogP contribution in [0.15, 0.2) is 47.3 Å². The highest BCUT2D eigenvalue weighted by Gasteiger charge is 2.22. The molecule has 0 amide bonds. The predicted molar refractivity (Wildman–Crippen MR) is 102 cm³/mol. The van der Waals surface area contributed by atoms with Crippen molar-refractivity contribution in [2.24, 2.45) is 5.92 Å². The van der Waals surface area contributed by atoms with Crippen LogP contribution < -0.4 is 5.32 Å². The summed E-state index contributed by atoms with van der Waals surface area (Å²) in [4.78, 5) is 13.3. The summed E-state index contributed by atoms with van der Waals surface area (Å²) in [6.45, 7) is 2.85. The molecule has 4 aromatic rings. The molecule has 0 radical (unpaired) electrons. The molecule has 1 N–H and O–H groups in total. The third kappa shape index (κ3) is 3.12. The van der Waals surface area contributed by atoms with Crippen LogP contribution in [0.2, 0.25) is 0 Å². The molecule has 27 heavy (non-hydrogen) atoms. The van der Waals surface area contributed by atoms with Crippen molar-refractivity contribution in [2.75, 3.05) is 11.9 Å². The average Bonchev–Trinajstić information content (AvgIpc) is 3.37. The maximum Gasteiger partial charge on any atom is 0.243 e. The van der Waals surface area contributed by atoms with Crippen LogP contribution in [-0.4, -0.2) is 31.7 Å². The van der Waals surface area contributed by atoms with Crippen LogP contribution in [0.4, 0.5) is 5.95 Å². The highest BCUT2D eigenvalue weighted by molar-refractivity contribution is 5.87. The van der Waals surface area contributed by atoms with Crippen LogP contribution >= 0.6 is 0 Å². The van der Waals surface area contributed by atoms with Gasteiger partial charge in [0.2, 0.25) is 5.95 Å². The van der Waals surface area contributed by atoms with Crippen molar-refractivity contribution >= 4 is 16.9 Å². The molecule has 3 aromatic heterocycles. The summed E-state index contributed by atoms with van der Waals surface area (Å²) in [6.07, 6.45) is 5.74. The first kappa shape index (κ1) is 15.9. The molecule has 0 aliphatic heterocycles. The van der Waals surface area contributed by atoms with Crippen molar-refractivity contribution in [1.29, 1.82) is 0 Å². The zero-order valence-corrected chi connectivity index (χ0v) is 14.9. The molecular formula is C20H18N6O. The molecule has 1 fully saturated rings. The van der Waals surface area contributed by atoms with Gasteiger partial charge >= 0.3 is 0 Å². The molecule has 134 valence electrons. The van der Waals surface area contributed by atoms with E-state index in [9.17, 15) is 0 Å². The zero-order chi connectivity index (χ0) is 18.2. The number of benzene rings is 1. The van der Waals surface area contributed by atoms with Crippen molar-refractivity contribution in [3.8, 4) is 22.7 Å². The molecule has 3 heterocycles. The van der Waals surface area contributed by atoms with E-state index in [0.29, 0.717) is 23.1 Å².